The number of benzene rings is 2. The molecule has 0 spiro atoms. The van der Waals surface area contributed by atoms with E-state index in [2.05, 4.69) is 0 Å². The highest BCUT2D eigenvalue weighted by Crippen LogP contribution is 2.33. The smallest absolute Gasteiger partial charge is 0.267 e. The lowest BCUT2D eigenvalue weighted by molar-refractivity contribution is -0.140. The second-order valence-electron chi connectivity index (χ2n) is 8.41. The van der Waals surface area contributed by atoms with Gasteiger partial charge in [0, 0.05) is 18.0 Å². The number of morpholine rings is 1. The van der Waals surface area contributed by atoms with Gasteiger partial charge in [-0.1, -0.05) is 60.3 Å². The van der Waals surface area contributed by atoms with Gasteiger partial charge in [-0.2, -0.15) is 0 Å². The summed E-state index contributed by atoms with van der Waals surface area (Å²) in [5.74, 6) is 0.235. The molecule has 1 aliphatic heterocycles. The van der Waals surface area contributed by atoms with Crippen molar-refractivity contribution in [3.05, 3.63) is 77.1 Å². The van der Waals surface area contributed by atoms with Crippen molar-refractivity contribution in [3.8, 4) is 16.1 Å². The first kappa shape index (κ1) is 22.8. The van der Waals surface area contributed by atoms with Crippen molar-refractivity contribution in [2.75, 3.05) is 18.8 Å². The first-order chi connectivity index (χ1) is 16.5. The van der Waals surface area contributed by atoms with Crippen molar-refractivity contribution < 1.29 is 9.53 Å². The van der Waals surface area contributed by atoms with Gasteiger partial charge in [-0.3, -0.25) is 14.2 Å². The van der Waals surface area contributed by atoms with Gasteiger partial charge < -0.3 is 9.64 Å². The molecule has 2 atom stereocenters. The number of aromatic nitrogens is 2. The predicted octanol–water partition coefficient (Wildman–Crippen LogP) is 4.84. The molecule has 0 bridgehead atoms. The molecule has 2 aromatic heterocycles. The fourth-order valence-corrected chi connectivity index (χ4v) is 6.20. The summed E-state index contributed by atoms with van der Waals surface area (Å²) < 4.78 is 7.37. The number of para-hydroxylation sites is 1. The van der Waals surface area contributed by atoms with Crippen LogP contribution in [0.1, 0.15) is 13.8 Å². The number of hydrogen-bond donors (Lipinski definition) is 0. The summed E-state index contributed by atoms with van der Waals surface area (Å²) in [6, 6.07) is 21.4. The molecule has 1 aliphatic rings. The van der Waals surface area contributed by atoms with Crippen LogP contribution in [0.2, 0.25) is 0 Å². The molecule has 0 aliphatic carbocycles. The summed E-state index contributed by atoms with van der Waals surface area (Å²) in [5, 5.41) is 1.10. The Morgan fingerprint density at radius 1 is 1.06 bits per heavy atom. The van der Waals surface area contributed by atoms with E-state index in [0.29, 0.717) is 28.5 Å². The summed E-state index contributed by atoms with van der Waals surface area (Å²) in [6.45, 7) is 5.11. The van der Waals surface area contributed by atoms with Gasteiger partial charge in [0.15, 0.2) is 5.16 Å². The van der Waals surface area contributed by atoms with E-state index in [1.165, 1.54) is 23.1 Å². The quantitative estimate of drug-likeness (QED) is 0.295. The van der Waals surface area contributed by atoms with Crippen molar-refractivity contribution >= 4 is 39.2 Å². The number of fused-ring (bicyclic) bond motifs is 1. The second kappa shape index (κ2) is 9.74. The minimum Gasteiger partial charge on any atom is -0.372 e. The van der Waals surface area contributed by atoms with Crippen molar-refractivity contribution in [3.63, 3.8) is 0 Å². The van der Waals surface area contributed by atoms with Crippen molar-refractivity contribution in [1.29, 1.82) is 0 Å². The molecule has 0 radical (unpaired) electrons. The molecule has 0 unspecified atom stereocenters. The van der Waals surface area contributed by atoms with Crippen LogP contribution in [0.4, 0.5) is 0 Å². The normalized spacial score (nSPS) is 18.4. The maximum atomic E-state index is 13.6. The van der Waals surface area contributed by atoms with Crippen molar-refractivity contribution in [2.24, 2.45) is 0 Å². The van der Waals surface area contributed by atoms with Gasteiger partial charge in [-0.15, -0.1) is 11.3 Å². The first-order valence-corrected chi connectivity index (χ1v) is 13.0. The monoisotopic (exact) mass is 491 g/mol. The Morgan fingerprint density at radius 3 is 2.38 bits per heavy atom. The number of nitrogens with zero attached hydrogens (tertiary/aromatic N) is 3. The van der Waals surface area contributed by atoms with Gasteiger partial charge in [0.05, 0.1) is 29.0 Å². The van der Waals surface area contributed by atoms with Crippen LogP contribution in [0.25, 0.3) is 26.3 Å². The molecule has 1 fully saturated rings. The Bertz CT molecular complexity index is 1360. The van der Waals surface area contributed by atoms with Gasteiger partial charge in [-0.05, 0) is 37.6 Å². The average molecular weight is 492 g/mol. The number of thioether (sulfide) groups is 1. The van der Waals surface area contributed by atoms with E-state index in [9.17, 15) is 9.59 Å². The fourth-order valence-electron chi connectivity index (χ4n) is 4.21. The van der Waals surface area contributed by atoms with Crippen LogP contribution in [-0.4, -0.2) is 51.4 Å². The van der Waals surface area contributed by atoms with Crippen LogP contribution in [0.5, 0.6) is 0 Å². The topological polar surface area (TPSA) is 64.4 Å². The number of rotatable bonds is 5. The third-order valence-electron chi connectivity index (χ3n) is 5.70. The molecule has 0 N–H and O–H groups in total. The highest BCUT2D eigenvalue weighted by atomic mass is 32.2. The van der Waals surface area contributed by atoms with Crippen LogP contribution < -0.4 is 5.56 Å². The molecule has 6 nitrogen and oxygen atoms in total. The molecule has 5 rings (SSSR count). The molecule has 4 aromatic rings. The average Bonchev–Trinajstić information content (AvgIpc) is 3.28. The standard InChI is InChI=1S/C26H25N3O3S2/c1-17-14-28(15-18(2)32-17)23(30)16-33-26-27-24-21(13-22(34-24)19-9-5-3-6-10-19)25(31)29(26)20-11-7-4-8-12-20/h3-13,17-18H,14-16H2,1-2H3/t17-,18-/m0/s1. The van der Waals surface area contributed by atoms with E-state index in [4.69, 9.17) is 9.72 Å². The highest BCUT2D eigenvalue weighted by molar-refractivity contribution is 7.99. The summed E-state index contributed by atoms with van der Waals surface area (Å²) in [4.78, 5) is 35.0. The van der Waals surface area contributed by atoms with Gasteiger partial charge in [0.1, 0.15) is 4.83 Å². The van der Waals surface area contributed by atoms with E-state index in [-0.39, 0.29) is 29.4 Å². The first-order valence-electron chi connectivity index (χ1n) is 11.2. The Hall–Kier alpha value is -2.94. The van der Waals surface area contributed by atoms with Crippen LogP contribution in [0, 0.1) is 0 Å². The molecule has 8 heteroatoms. The zero-order valence-corrected chi connectivity index (χ0v) is 20.6. The fraction of sp³-hybridized carbons (Fsp3) is 0.269. The Morgan fingerprint density at radius 2 is 1.71 bits per heavy atom. The molecule has 1 saturated heterocycles. The maximum Gasteiger partial charge on any atom is 0.267 e. The minimum atomic E-state index is -0.127. The molecule has 174 valence electrons. The highest BCUT2D eigenvalue weighted by Gasteiger charge is 2.26. The number of carbonyl (C=O) groups excluding carboxylic acids is 1. The maximum absolute atomic E-state index is 13.6. The van der Waals surface area contributed by atoms with Gasteiger partial charge in [-0.25, -0.2) is 4.98 Å². The van der Waals surface area contributed by atoms with Crippen molar-refractivity contribution in [2.45, 2.75) is 31.2 Å². The SMILES string of the molecule is C[C@H]1CN(C(=O)CSc2nc3sc(-c4ccccc4)cc3c(=O)n2-c2ccccc2)C[C@H](C)O1. The van der Waals surface area contributed by atoms with Gasteiger partial charge in [0.2, 0.25) is 5.91 Å². The van der Waals surface area contributed by atoms with Crippen LogP contribution >= 0.6 is 23.1 Å². The third-order valence-corrected chi connectivity index (χ3v) is 7.71. The number of carbonyl (C=O) groups is 1. The Labute approximate surface area is 206 Å². The predicted molar refractivity (Wildman–Crippen MR) is 138 cm³/mol. The number of hydrogen-bond acceptors (Lipinski definition) is 6. The molecule has 34 heavy (non-hydrogen) atoms. The molecule has 1 amide bonds. The zero-order valence-electron chi connectivity index (χ0n) is 19.0. The second-order valence-corrected chi connectivity index (χ2v) is 10.4. The van der Waals surface area contributed by atoms with Gasteiger partial charge >= 0.3 is 0 Å². The third kappa shape index (κ3) is 4.66. The van der Waals surface area contributed by atoms with E-state index in [1.807, 2.05) is 85.5 Å². The molecule has 2 aromatic carbocycles. The minimum absolute atomic E-state index is 0.0113. The lowest BCUT2D eigenvalue weighted by Crippen LogP contribution is -2.48. The van der Waals surface area contributed by atoms with Crippen LogP contribution in [-0.2, 0) is 9.53 Å². The van der Waals surface area contributed by atoms with E-state index in [0.717, 1.165) is 16.1 Å². The molecule has 0 saturated carbocycles. The van der Waals surface area contributed by atoms with Gasteiger partial charge in [0.25, 0.3) is 5.56 Å². The number of amides is 1. The lowest BCUT2D eigenvalue weighted by Gasteiger charge is -2.35. The van der Waals surface area contributed by atoms with Crippen LogP contribution in [0.3, 0.4) is 0 Å². The summed E-state index contributed by atoms with van der Waals surface area (Å²) in [6.07, 6.45) is 0.0226. The summed E-state index contributed by atoms with van der Waals surface area (Å²) in [5.41, 5.74) is 1.66. The summed E-state index contributed by atoms with van der Waals surface area (Å²) in [7, 11) is 0. The lowest BCUT2D eigenvalue weighted by atomic mass is 10.2. The summed E-state index contributed by atoms with van der Waals surface area (Å²) >= 11 is 2.80. The molecular formula is C26H25N3O3S2. The van der Waals surface area contributed by atoms with Crippen molar-refractivity contribution in [1.82, 2.24) is 14.5 Å². The molecule has 3 heterocycles. The number of thiophene rings is 1. The zero-order chi connectivity index (χ0) is 23.7. The van der Waals surface area contributed by atoms with E-state index in [1.54, 1.807) is 4.57 Å². The number of ether oxygens (including phenoxy) is 1. The van der Waals surface area contributed by atoms with E-state index < -0.39 is 0 Å². The Balaban J connectivity index is 1.52. The largest absolute Gasteiger partial charge is 0.372 e. The van der Waals surface area contributed by atoms with E-state index >= 15 is 0 Å². The molecular weight excluding hydrogens is 466 g/mol. The Kier molecular flexibility index (Phi) is 6.54. The van der Waals surface area contributed by atoms with Crippen LogP contribution in [0.15, 0.2) is 76.7 Å².